The first-order valence-electron chi connectivity index (χ1n) is 6.55. The molecular formula is C13H16N2O6. The third-order valence-electron chi connectivity index (χ3n) is 3.15. The molecule has 2 N–H and O–H groups in total. The Labute approximate surface area is 120 Å². The molecule has 1 amide bonds. The van der Waals surface area contributed by atoms with E-state index in [4.69, 9.17) is 14.6 Å². The van der Waals surface area contributed by atoms with Crippen LogP contribution in [0.3, 0.4) is 0 Å². The molecule has 1 heterocycles. The van der Waals surface area contributed by atoms with Crippen LogP contribution in [0.25, 0.3) is 0 Å². The molecule has 1 saturated heterocycles. The van der Waals surface area contributed by atoms with E-state index in [1.165, 1.54) is 18.2 Å². The van der Waals surface area contributed by atoms with Crippen molar-refractivity contribution in [2.24, 2.45) is 0 Å². The van der Waals surface area contributed by atoms with Gasteiger partial charge in [-0.15, -0.1) is 0 Å². The van der Waals surface area contributed by atoms with Gasteiger partial charge in [0.25, 0.3) is 5.69 Å². The van der Waals surface area contributed by atoms with E-state index in [1.54, 1.807) is 0 Å². The van der Waals surface area contributed by atoms with E-state index in [2.05, 4.69) is 5.32 Å². The summed E-state index contributed by atoms with van der Waals surface area (Å²) < 4.78 is 11.0. The number of carbonyl (C=O) groups is 1. The number of ether oxygens (including phenoxy) is 2. The predicted molar refractivity (Wildman–Crippen MR) is 72.4 cm³/mol. The third-order valence-corrected chi connectivity index (χ3v) is 3.15. The van der Waals surface area contributed by atoms with Gasteiger partial charge in [-0.05, 0) is 12.1 Å². The summed E-state index contributed by atoms with van der Waals surface area (Å²) in [6.07, 6.45) is 0.305. The number of nitro groups is 1. The van der Waals surface area contributed by atoms with Gasteiger partial charge in [-0.25, -0.2) is 4.79 Å². The molecule has 0 spiro atoms. The van der Waals surface area contributed by atoms with E-state index < -0.39 is 11.0 Å². The molecule has 0 saturated carbocycles. The van der Waals surface area contributed by atoms with Crippen molar-refractivity contribution < 1.29 is 24.3 Å². The second-order valence-corrected chi connectivity index (χ2v) is 4.64. The molecule has 21 heavy (non-hydrogen) atoms. The Hall–Kier alpha value is -2.35. The third kappa shape index (κ3) is 4.32. The lowest BCUT2D eigenvalue weighted by molar-refractivity contribution is -0.385. The Morgan fingerprint density at radius 3 is 2.81 bits per heavy atom. The van der Waals surface area contributed by atoms with Gasteiger partial charge in [0.1, 0.15) is 11.9 Å². The molecule has 0 aromatic heterocycles. The topological polar surface area (TPSA) is 111 Å². The van der Waals surface area contributed by atoms with Crippen molar-refractivity contribution in [2.45, 2.75) is 25.5 Å². The van der Waals surface area contributed by atoms with Crippen LogP contribution in [0.4, 0.5) is 10.5 Å². The molecule has 1 aliphatic heterocycles. The van der Waals surface area contributed by atoms with Gasteiger partial charge in [-0.3, -0.25) is 10.1 Å². The average molecular weight is 296 g/mol. The minimum absolute atomic E-state index is 0.0143. The monoisotopic (exact) mass is 296 g/mol. The summed E-state index contributed by atoms with van der Waals surface area (Å²) in [7, 11) is 0. The molecule has 1 aromatic rings. The minimum atomic E-state index is -1.24. The van der Waals surface area contributed by atoms with Crippen molar-refractivity contribution in [3.8, 4) is 5.75 Å². The second kappa shape index (κ2) is 6.89. The molecule has 0 aliphatic carbocycles. The lowest BCUT2D eigenvalue weighted by atomic mass is 10.1. The standard InChI is InChI=1S/C13H16N2O6/c16-13(17)14-8-9-7-11(1-2-12(9)15(18)19)21-10-3-5-20-6-4-10/h1-2,7,10,14H,3-6,8H2,(H,16,17). The van der Waals surface area contributed by atoms with Crippen LogP contribution in [0.15, 0.2) is 18.2 Å². The first-order chi connectivity index (χ1) is 10.1. The first-order valence-corrected chi connectivity index (χ1v) is 6.55. The number of hydrogen-bond donors (Lipinski definition) is 2. The zero-order chi connectivity index (χ0) is 15.2. The predicted octanol–water partition coefficient (Wildman–Crippen LogP) is 1.92. The van der Waals surface area contributed by atoms with Gasteiger partial charge in [-0.2, -0.15) is 0 Å². The molecule has 114 valence electrons. The number of amides is 1. The number of benzene rings is 1. The van der Waals surface area contributed by atoms with Crippen molar-refractivity contribution in [1.29, 1.82) is 0 Å². The highest BCUT2D eigenvalue weighted by Crippen LogP contribution is 2.26. The number of nitro benzene ring substituents is 1. The van der Waals surface area contributed by atoms with Crippen LogP contribution in [0.2, 0.25) is 0 Å². The second-order valence-electron chi connectivity index (χ2n) is 4.64. The molecule has 0 atom stereocenters. The molecule has 2 rings (SSSR count). The lowest BCUT2D eigenvalue weighted by Crippen LogP contribution is -2.26. The number of carboxylic acid groups (broad SMARTS) is 1. The maximum atomic E-state index is 10.9. The van der Waals surface area contributed by atoms with Gasteiger partial charge in [-0.1, -0.05) is 0 Å². The number of rotatable bonds is 5. The quantitative estimate of drug-likeness (QED) is 0.634. The fraction of sp³-hybridized carbons (Fsp3) is 0.462. The van der Waals surface area contributed by atoms with Crippen molar-refractivity contribution in [3.05, 3.63) is 33.9 Å². The maximum Gasteiger partial charge on any atom is 0.404 e. The molecule has 1 aromatic carbocycles. The normalized spacial score (nSPS) is 15.4. The van der Waals surface area contributed by atoms with Crippen LogP contribution >= 0.6 is 0 Å². The van der Waals surface area contributed by atoms with Gasteiger partial charge in [0, 0.05) is 18.9 Å². The molecule has 1 fully saturated rings. The largest absolute Gasteiger partial charge is 0.490 e. The highest BCUT2D eigenvalue weighted by molar-refractivity contribution is 5.64. The molecule has 1 aliphatic rings. The fourth-order valence-electron chi connectivity index (χ4n) is 2.11. The summed E-state index contributed by atoms with van der Waals surface area (Å²) in [5.74, 6) is 0.495. The summed E-state index contributed by atoms with van der Waals surface area (Å²) in [5, 5.41) is 21.7. The summed E-state index contributed by atoms with van der Waals surface area (Å²) in [6.45, 7) is 1.12. The molecule has 8 heteroatoms. The molecule has 0 bridgehead atoms. The van der Waals surface area contributed by atoms with Crippen molar-refractivity contribution in [3.63, 3.8) is 0 Å². The van der Waals surface area contributed by atoms with E-state index >= 15 is 0 Å². The molecular weight excluding hydrogens is 280 g/mol. The van der Waals surface area contributed by atoms with E-state index in [-0.39, 0.29) is 23.9 Å². The zero-order valence-corrected chi connectivity index (χ0v) is 11.3. The summed E-state index contributed by atoms with van der Waals surface area (Å²) >= 11 is 0. The Bertz CT molecular complexity index is 527. The van der Waals surface area contributed by atoms with Crippen LogP contribution in [0.5, 0.6) is 5.75 Å². The van der Waals surface area contributed by atoms with E-state index in [0.717, 1.165) is 12.8 Å². The smallest absolute Gasteiger partial charge is 0.404 e. The Kier molecular flexibility index (Phi) is 4.94. The van der Waals surface area contributed by atoms with Crippen LogP contribution in [-0.4, -0.2) is 35.4 Å². The Morgan fingerprint density at radius 2 is 2.19 bits per heavy atom. The van der Waals surface area contributed by atoms with Crippen molar-refractivity contribution >= 4 is 11.8 Å². The number of nitrogens with one attached hydrogen (secondary N) is 1. The van der Waals surface area contributed by atoms with Crippen LogP contribution in [0.1, 0.15) is 18.4 Å². The van der Waals surface area contributed by atoms with E-state index in [0.29, 0.717) is 19.0 Å². The molecule has 8 nitrogen and oxygen atoms in total. The van der Waals surface area contributed by atoms with Crippen LogP contribution in [-0.2, 0) is 11.3 Å². The Balaban J connectivity index is 2.12. The lowest BCUT2D eigenvalue weighted by Gasteiger charge is -2.23. The van der Waals surface area contributed by atoms with Crippen molar-refractivity contribution in [2.75, 3.05) is 13.2 Å². The number of nitrogens with zero attached hydrogens (tertiary/aromatic N) is 1. The summed E-state index contributed by atoms with van der Waals surface area (Å²) in [6, 6.07) is 4.36. The summed E-state index contributed by atoms with van der Waals surface area (Å²) in [4.78, 5) is 20.9. The first kappa shape index (κ1) is 15.0. The van der Waals surface area contributed by atoms with Gasteiger partial charge >= 0.3 is 6.09 Å². The fourth-order valence-corrected chi connectivity index (χ4v) is 2.11. The zero-order valence-electron chi connectivity index (χ0n) is 11.3. The number of hydrogen-bond acceptors (Lipinski definition) is 5. The molecule has 0 radical (unpaired) electrons. The summed E-state index contributed by atoms with van der Waals surface area (Å²) in [5.41, 5.74) is 0.134. The molecule has 0 unspecified atom stereocenters. The van der Waals surface area contributed by atoms with Crippen LogP contribution < -0.4 is 10.1 Å². The average Bonchev–Trinajstić information content (AvgIpc) is 2.46. The van der Waals surface area contributed by atoms with Gasteiger partial charge in [0.05, 0.1) is 30.2 Å². The van der Waals surface area contributed by atoms with Gasteiger partial charge in [0.2, 0.25) is 0 Å². The van der Waals surface area contributed by atoms with E-state index in [9.17, 15) is 14.9 Å². The van der Waals surface area contributed by atoms with Gasteiger partial charge < -0.3 is 19.9 Å². The van der Waals surface area contributed by atoms with Crippen molar-refractivity contribution in [1.82, 2.24) is 5.32 Å². The minimum Gasteiger partial charge on any atom is -0.490 e. The maximum absolute atomic E-state index is 10.9. The highest BCUT2D eigenvalue weighted by atomic mass is 16.6. The van der Waals surface area contributed by atoms with E-state index in [1.807, 2.05) is 0 Å². The Morgan fingerprint density at radius 1 is 1.48 bits per heavy atom. The van der Waals surface area contributed by atoms with Gasteiger partial charge in [0.15, 0.2) is 0 Å². The SMILES string of the molecule is O=C(O)NCc1cc(OC2CCOCC2)ccc1[N+](=O)[O-]. The highest BCUT2D eigenvalue weighted by Gasteiger charge is 2.19. The van der Waals surface area contributed by atoms with Crippen LogP contribution in [0, 0.1) is 10.1 Å².